The van der Waals surface area contributed by atoms with Gasteiger partial charge in [0.25, 0.3) is 5.56 Å². The molecule has 7 nitrogen and oxygen atoms in total. The summed E-state index contributed by atoms with van der Waals surface area (Å²) >= 11 is 2.61. The van der Waals surface area contributed by atoms with Crippen LogP contribution in [0.25, 0.3) is 10.2 Å². The molecule has 0 saturated heterocycles. The van der Waals surface area contributed by atoms with Gasteiger partial charge in [0.1, 0.15) is 4.70 Å². The molecule has 0 saturated carbocycles. The van der Waals surface area contributed by atoms with E-state index in [1.54, 1.807) is 4.57 Å². The number of benzene rings is 1. The van der Waals surface area contributed by atoms with Gasteiger partial charge < -0.3 is 10.6 Å². The number of thioether (sulfide) groups is 1. The largest absolute Gasteiger partial charge is 0.356 e. The third-order valence-electron chi connectivity index (χ3n) is 5.25. The molecule has 0 spiro atoms. The SMILES string of the molecule is CC[C@H](C)NC(=O)CSc1nc2ccsc2c(=O)n1CCCC(=O)NCCc1ccccc1. The molecule has 0 aliphatic carbocycles. The molecule has 9 heteroatoms. The summed E-state index contributed by atoms with van der Waals surface area (Å²) in [5, 5.41) is 8.22. The number of carbonyl (C=O) groups excluding carboxylic acids is 2. The number of hydrogen-bond donors (Lipinski definition) is 2. The van der Waals surface area contributed by atoms with Crippen molar-refractivity contribution in [1.82, 2.24) is 20.2 Å². The van der Waals surface area contributed by atoms with E-state index in [0.29, 0.717) is 41.3 Å². The molecule has 0 aliphatic heterocycles. The van der Waals surface area contributed by atoms with Crippen molar-refractivity contribution in [3.8, 4) is 0 Å². The average molecular weight is 487 g/mol. The van der Waals surface area contributed by atoms with E-state index in [9.17, 15) is 14.4 Å². The van der Waals surface area contributed by atoms with Crippen LogP contribution in [-0.2, 0) is 22.6 Å². The van der Waals surface area contributed by atoms with Gasteiger partial charge in [0.2, 0.25) is 11.8 Å². The summed E-state index contributed by atoms with van der Waals surface area (Å²) < 4.78 is 2.19. The van der Waals surface area contributed by atoms with E-state index < -0.39 is 0 Å². The van der Waals surface area contributed by atoms with Gasteiger partial charge in [-0.1, -0.05) is 49.0 Å². The minimum Gasteiger partial charge on any atom is -0.356 e. The maximum atomic E-state index is 13.0. The van der Waals surface area contributed by atoms with E-state index in [-0.39, 0.29) is 29.2 Å². The van der Waals surface area contributed by atoms with E-state index in [1.165, 1.54) is 28.7 Å². The Morgan fingerprint density at radius 1 is 1.18 bits per heavy atom. The monoisotopic (exact) mass is 486 g/mol. The fourth-order valence-electron chi connectivity index (χ4n) is 3.26. The number of aromatic nitrogens is 2. The van der Waals surface area contributed by atoms with Gasteiger partial charge >= 0.3 is 0 Å². The first-order valence-electron chi connectivity index (χ1n) is 11.2. The molecule has 3 rings (SSSR count). The van der Waals surface area contributed by atoms with E-state index in [4.69, 9.17) is 0 Å². The Balaban J connectivity index is 1.57. The predicted molar refractivity (Wildman–Crippen MR) is 135 cm³/mol. The average Bonchev–Trinajstić information content (AvgIpc) is 3.29. The molecule has 2 N–H and O–H groups in total. The van der Waals surface area contributed by atoms with E-state index in [0.717, 1.165) is 12.8 Å². The minimum absolute atomic E-state index is 0.0359. The summed E-state index contributed by atoms with van der Waals surface area (Å²) in [4.78, 5) is 42.1. The molecule has 2 heterocycles. The highest BCUT2D eigenvalue weighted by atomic mass is 32.2. The number of nitrogens with zero attached hydrogens (tertiary/aromatic N) is 2. The normalized spacial score (nSPS) is 11.9. The first kappa shape index (κ1) is 25.0. The van der Waals surface area contributed by atoms with Crippen LogP contribution in [0.1, 0.15) is 38.7 Å². The molecule has 2 amide bonds. The molecular formula is C24H30N4O3S2. The summed E-state index contributed by atoms with van der Waals surface area (Å²) in [5.41, 5.74) is 1.70. The zero-order valence-electron chi connectivity index (χ0n) is 19.0. The second-order valence-electron chi connectivity index (χ2n) is 7.84. The van der Waals surface area contributed by atoms with Crippen LogP contribution in [0.2, 0.25) is 0 Å². The lowest BCUT2D eigenvalue weighted by molar-refractivity contribution is -0.121. The lowest BCUT2D eigenvalue weighted by Gasteiger charge is -2.13. The Morgan fingerprint density at radius 2 is 1.97 bits per heavy atom. The molecule has 2 aromatic heterocycles. The maximum Gasteiger partial charge on any atom is 0.272 e. The summed E-state index contributed by atoms with van der Waals surface area (Å²) in [5.74, 6) is 0.0662. The fraction of sp³-hybridized carbons (Fsp3) is 0.417. The summed E-state index contributed by atoms with van der Waals surface area (Å²) in [6, 6.07) is 11.9. The Morgan fingerprint density at radius 3 is 2.73 bits per heavy atom. The Labute approximate surface area is 202 Å². The van der Waals surface area contributed by atoms with Crippen molar-refractivity contribution in [2.75, 3.05) is 12.3 Å². The quantitative estimate of drug-likeness (QED) is 0.301. The summed E-state index contributed by atoms with van der Waals surface area (Å²) in [6.07, 6.45) is 2.47. The predicted octanol–water partition coefficient (Wildman–Crippen LogP) is 3.60. The van der Waals surface area contributed by atoms with Crippen molar-refractivity contribution in [2.24, 2.45) is 0 Å². The maximum absolute atomic E-state index is 13.0. The Hall–Kier alpha value is -2.65. The molecule has 0 radical (unpaired) electrons. The molecular weight excluding hydrogens is 456 g/mol. The van der Waals surface area contributed by atoms with Gasteiger partial charge in [0.15, 0.2) is 5.16 Å². The van der Waals surface area contributed by atoms with Gasteiger partial charge in [-0.2, -0.15) is 0 Å². The van der Waals surface area contributed by atoms with Crippen molar-refractivity contribution >= 4 is 45.1 Å². The molecule has 1 atom stereocenters. The van der Waals surface area contributed by atoms with Crippen molar-refractivity contribution in [3.05, 3.63) is 57.7 Å². The molecule has 0 bridgehead atoms. The second-order valence-corrected chi connectivity index (χ2v) is 9.70. The van der Waals surface area contributed by atoms with Gasteiger partial charge in [-0.25, -0.2) is 4.98 Å². The standard InChI is InChI=1S/C24H30N4O3S2/c1-3-17(2)26-21(30)16-33-24-27-19-12-15-32-22(19)23(31)28(24)14-7-10-20(29)25-13-11-18-8-5-4-6-9-18/h4-6,8-9,12,15,17H,3,7,10-11,13-14,16H2,1-2H3,(H,25,29)(H,26,30)/t17-/m0/s1. The van der Waals surface area contributed by atoms with Crippen LogP contribution in [0.5, 0.6) is 0 Å². The van der Waals surface area contributed by atoms with Gasteiger partial charge in [-0.3, -0.25) is 19.0 Å². The van der Waals surface area contributed by atoms with Gasteiger partial charge in [-0.05, 0) is 43.2 Å². The molecule has 33 heavy (non-hydrogen) atoms. The highest BCUT2D eigenvalue weighted by Gasteiger charge is 2.15. The van der Waals surface area contributed by atoms with Crippen LogP contribution in [0.4, 0.5) is 0 Å². The molecule has 176 valence electrons. The molecule has 0 unspecified atom stereocenters. The number of amides is 2. The smallest absolute Gasteiger partial charge is 0.272 e. The number of fused-ring (bicyclic) bond motifs is 1. The van der Waals surface area contributed by atoms with Gasteiger partial charge in [0.05, 0.1) is 11.3 Å². The van der Waals surface area contributed by atoms with Crippen LogP contribution in [-0.4, -0.2) is 39.7 Å². The number of nitrogens with one attached hydrogen (secondary N) is 2. The first-order valence-corrected chi connectivity index (χ1v) is 13.0. The van der Waals surface area contributed by atoms with Gasteiger partial charge in [-0.15, -0.1) is 11.3 Å². The van der Waals surface area contributed by atoms with Crippen LogP contribution in [0.15, 0.2) is 51.7 Å². The van der Waals surface area contributed by atoms with Crippen LogP contribution < -0.4 is 16.2 Å². The van der Waals surface area contributed by atoms with E-state index >= 15 is 0 Å². The third kappa shape index (κ3) is 7.43. The van der Waals surface area contributed by atoms with Crippen LogP contribution in [0.3, 0.4) is 0 Å². The first-order chi connectivity index (χ1) is 16.0. The van der Waals surface area contributed by atoms with E-state index in [2.05, 4.69) is 15.6 Å². The zero-order chi connectivity index (χ0) is 23.6. The highest BCUT2D eigenvalue weighted by molar-refractivity contribution is 7.99. The fourth-order valence-corrected chi connectivity index (χ4v) is 4.87. The third-order valence-corrected chi connectivity index (χ3v) is 7.12. The Kier molecular flexibility index (Phi) is 9.50. The zero-order valence-corrected chi connectivity index (χ0v) is 20.6. The second kappa shape index (κ2) is 12.6. The van der Waals surface area contributed by atoms with Crippen molar-refractivity contribution < 1.29 is 9.59 Å². The van der Waals surface area contributed by atoms with Crippen LogP contribution in [0, 0.1) is 0 Å². The molecule has 0 aliphatic rings. The summed E-state index contributed by atoms with van der Waals surface area (Å²) in [6.45, 7) is 4.93. The molecule has 1 aromatic carbocycles. The van der Waals surface area contributed by atoms with Gasteiger partial charge in [0, 0.05) is 25.6 Å². The molecule has 3 aromatic rings. The molecule has 0 fully saturated rings. The number of hydrogen-bond acceptors (Lipinski definition) is 6. The van der Waals surface area contributed by atoms with E-state index in [1.807, 2.05) is 55.6 Å². The topological polar surface area (TPSA) is 93.1 Å². The number of rotatable bonds is 12. The minimum atomic E-state index is -0.121. The number of thiophene rings is 1. The van der Waals surface area contributed by atoms with Crippen molar-refractivity contribution in [3.63, 3.8) is 0 Å². The Bertz CT molecular complexity index is 1130. The van der Waals surface area contributed by atoms with Crippen molar-refractivity contribution in [2.45, 2.75) is 57.3 Å². The summed E-state index contributed by atoms with van der Waals surface area (Å²) in [7, 11) is 0. The number of carbonyl (C=O) groups is 2. The van der Waals surface area contributed by atoms with Crippen LogP contribution >= 0.6 is 23.1 Å². The highest BCUT2D eigenvalue weighted by Crippen LogP contribution is 2.21. The van der Waals surface area contributed by atoms with Crippen molar-refractivity contribution in [1.29, 1.82) is 0 Å². The lowest BCUT2D eigenvalue weighted by atomic mass is 10.1. The lowest BCUT2D eigenvalue weighted by Crippen LogP contribution is -2.33.